The molecule has 0 aliphatic heterocycles. The van der Waals surface area contributed by atoms with E-state index in [0.29, 0.717) is 11.4 Å². The summed E-state index contributed by atoms with van der Waals surface area (Å²) in [5.41, 5.74) is 2.23. The summed E-state index contributed by atoms with van der Waals surface area (Å²) in [5, 5.41) is 15.2. The molecule has 184 valence electrons. The van der Waals surface area contributed by atoms with Gasteiger partial charge in [-0.05, 0) is 54.4 Å². The Morgan fingerprint density at radius 3 is 2.26 bits per heavy atom. The monoisotopic (exact) mass is 480 g/mol. The molecule has 0 unspecified atom stereocenters. The zero-order chi connectivity index (χ0) is 25.0. The van der Waals surface area contributed by atoms with Crippen LogP contribution < -0.4 is 15.4 Å². The van der Waals surface area contributed by atoms with Crippen LogP contribution in [0, 0.1) is 5.82 Å². The van der Waals surface area contributed by atoms with Crippen LogP contribution in [-0.2, 0) is 27.4 Å². The molecule has 0 heterocycles. The second kappa shape index (κ2) is 13.2. The number of amides is 1. The fraction of sp³-hybridized carbons (Fsp3) is 0.259. The lowest BCUT2D eigenvalue weighted by Gasteiger charge is -2.20. The third kappa shape index (κ3) is 9.19. The minimum atomic E-state index is -0.974. The first kappa shape index (κ1) is 25.9. The number of para-hydroxylation sites is 1. The molecule has 8 heteroatoms. The highest BCUT2D eigenvalue weighted by Gasteiger charge is 2.21. The summed E-state index contributed by atoms with van der Waals surface area (Å²) in [5.74, 6) is -0.824. The highest BCUT2D eigenvalue weighted by atomic mass is 19.1. The Morgan fingerprint density at radius 2 is 1.60 bits per heavy atom. The summed E-state index contributed by atoms with van der Waals surface area (Å²) in [6, 6.07) is 21.4. The van der Waals surface area contributed by atoms with Crippen molar-refractivity contribution >= 4 is 17.6 Å². The van der Waals surface area contributed by atoms with Crippen molar-refractivity contribution in [3.63, 3.8) is 0 Å². The van der Waals surface area contributed by atoms with Crippen molar-refractivity contribution in [2.24, 2.45) is 0 Å². The largest absolute Gasteiger partial charge is 0.491 e. The van der Waals surface area contributed by atoms with Gasteiger partial charge >= 0.3 is 5.97 Å². The highest BCUT2D eigenvalue weighted by molar-refractivity contribution is 5.92. The van der Waals surface area contributed by atoms with Crippen LogP contribution in [0.1, 0.15) is 24.5 Å². The fourth-order valence-electron chi connectivity index (χ4n) is 3.39. The summed E-state index contributed by atoms with van der Waals surface area (Å²) in [6.07, 6.45) is 0.132. The number of anilines is 1. The topological polar surface area (TPSA) is 96.9 Å². The lowest BCUT2D eigenvalue weighted by atomic mass is 10.1. The molecular formula is C27H29FN2O5. The minimum absolute atomic E-state index is 0.0607. The third-order valence-electron chi connectivity index (χ3n) is 5.16. The Bertz CT molecular complexity index is 1070. The molecule has 3 N–H and O–H groups in total. The van der Waals surface area contributed by atoms with Crippen molar-refractivity contribution < 1.29 is 28.6 Å². The standard InChI is InChI=1S/C27H29FN2O5/c1-19(35-24-5-3-2-4-6-24)15-25(27(32)33)29-18-34-17-21-9-13-23(14-10-21)30-26(31)16-20-7-11-22(28)12-8-20/h2-14,19,25,29H,15-18H2,1H3,(H,30,31)(H,32,33)/t19-,25-/m0/s1. The Morgan fingerprint density at radius 1 is 0.943 bits per heavy atom. The van der Waals surface area contributed by atoms with E-state index < -0.39 is 12.0 Å². The van der Waals surface area contributed by atoms with E-state index in [9.17, 15) is 19.1 Å². The molecular weight excluding hydrogens is 451 g/mol. The van der Waals surface area contributed by atoms with Crippen LogP contribution >= 0.6 is 0 Å². The summed E-state index contributed by atoms with van der Waals surface area (Å²) in [7, 11) is 0. The lowest BCUT2D eigenvalue weighted by molar-refractivity contribution is -0.140. The average Bonchev–Trinajstić information content (AvgIpc) is 2.84. The van der Waals surface area contributed by atoms with Gasteiger partial charge < -0.3 is 19.9 Å². The first-order valence-corrected chi connectivity index (χ1v) is 11.3. The second-order valence-electron chi connectivity index (χ2n) is 8.11. The first-order valence-electron chi connectivity index (χ1n) is 11.3. The number of ether oxygens (including phenoxy) is 2. The second-order valence-corrected chi connectivity index (χ2v) is 8.11. The van der Waals surface area contributed by atoms with Gasteiger partial charge in [-0.2, -0.15) is 0 Å². The van der Waals surface area contributed by atoms with E-state index in [1.54, 1.807) is 24.3 Å². The molecule has 0 spiro atoms. The molecule has 0 radical (unpaired) electrons. The third-order valence-corrected chi connectivity index (χ3v) is 5.16. The number of halogens is 1. The van der Waals surface area contributed by atoms with Crippen molar-refractivity contribution in [1.29, 1.82) is 0 Å². The molecule has 0 saturated heterocycles. The number of rotatable bonds is 13. The molecule has 0 fully saturated rings. The highest BCUT2D eigenvalue weighted by Crippen LogP contribution is 2.14. The van der Waals surface area contributed by atoms with Crippen molar-refractivity contribution in [1.82, 2.24) is 5.32 Å². The van der Waals surface area contributed by atoms with Crippen molar-refractivity contribution in [2.75, 3.05) is 12.0 Å². The number of aliphatic carboxylic acids is 1. The van der Waals surface area contributed by atoms with Gasteiger partial charge in [0.15, 0.2) is 0 Å². The fourth-order valence-corrected chi connectivity index (χ4v) is 3.39. The van der Waals surface area contributed by atoms with Gasteiger partial charge in [0.25, 0.3) is 0 Å². The maximum atomic E-state index is 13.0. The Labute approximate surface area is 203 Å². The average molecular weight is 481 g/mol. The van der Waals surface area contributed by atoms with Gasteiger partial charge in [-0.15, -0.1) is 0 Å². The number of carbonyl (C=O) groups is 2. The molecule has 7 nitrogen and oxygen atoms in total. The van der Waals surface area contributed by atoms with E-state index in [0.717, 1.165) is 11.1 Å². The van der Waals surface area contributed by atoms with Gasteiger partial charge in [-0.25, -0.2) is 4.39 Å². The summed E-state index contributed by atoms with van der Waals surface area (Å²) >= 11 is 0. The molecule has 0 aromatic heterocycles. The van der Waals surface area contributed by atoms with Gasteiger partial charge in [0.05, 0.1) is 25.9 Å². The number of nitrogens with one attached hydrogen (secondary N) is 2. The normalized spacial score (nSPS) is 12.5. The van der Waals surface area contributed by atoms with Crippen LogP contribution in [0.15, 0.2) is 78.9 Å². The zero-order valence-electron chi connectivity index (χ0n) is 19.4. The van der Waals surface area contributed by atoms with Gasteiger partial charge in [0.1, 0.15) is 17.6 Å². The molecule has 35 heavy (non-hydrogen) atoms. The summed E-state index contributed by atoms with van der Waals surface area (Å²) < 4.78 is 24.3. The smallest absolute Gasteiger partial charge is 0.320 e. The molecule has 3 rings (SSSR count). The minimum Gasteiger partial charge on any atom is -0.491 e. The number of benzene rings is 3. The molecule has 2 atom stereocenters. The van der Waals surface area contributed by atoms with Crippen LogP contribution in [0.3, 0.4) is 0 Å². The number of carboxylic acid groups (broad SMARTS) is 1. The number of hydrogen-bond donors (Lipinski definition) is 3. The van der Waals surface area contributed by atoms with Gasteiger partial charge in [0, 0.05) is 12.1 Å². The van der Waals surface area contributed by atoms with Crippen LogP contribution in [-0.4, -0.2) is 35.9 Å². The molecule has 3 aromatic carbocycles. The van der Waals surface area contributed by atoms with Crippen LogP contribution in [0.25, 0.3) is 0 Å². The zero-order valence-corrected chi connectivity index (χ0v) is 19.4. The summed E-state index contributed by atoms with van der Waals surface area (Å²) in [6.45, 7) is 2.16. The van der Waals surface area contributed by atoms with Crippen LogP contribution in [0.4, 0.5) is 10.1 Å². The molecule has 0 aliphatic rings. The quantitative estimate of drug-likeness (QED) is 0.248. The maximum Gasteiger partial charge on any atom is 0.320 e. The van der Waals surface area contributed by atoms with Crippen LogP contribution in [0.2, 0.25) is 0 Å². The van der Waals surface area contributed by atoms with E-state index in [4.69, 9.17) is 9.47 Å². The molecule has 0 bridgehead atoms. The number of carbonyl (C=O) groups excluding carboxylic acids is 1. The van der Waals surface area contributed by atoms with Gasteiger partial charge in [-0.1, -0.05) is 42.5 Å². The molecule has 0 saturated carbocycles. The van der Waals surface area contributed by atoms with Gasteiger partial charge in [0.2, 0.25) is 5.91 Å². The van der Waals surface area contributed by atoms with E-state index in [1.807, 2.05) is 49.4 Å². The summed E-state index contributed by atoms with van der Waals surface area (Å²) in [4.78, 5) is 23.7. The SMILES string of the molecule is C[C@@H](C[C@H](NCOCc1ccc(NC(=O)Cc2ccc(F)cc2)cc1)C(=O)O)Oc1ccccc1. The van der Waals surface area contributed by atoms with Crippen molar-refractivity contribution in [3.05, 3.63) is 95.8 Å². The van der Waals surface area contributed by atoms with Crippen LogP contribution in [0.5, 0.6) is 5.75 Å². The first-order chi connectivity index (χ1) is 16.9. The van der Waals surface area contributed by atoms with Crippen molar-refractivity contribution in [2.45, 2.75) is 38.5 Å². The molecule has 1 amide bonds. The number of carboxylic acids is 1. The van der Waals surface area contributed by atoms with E-state index in [-0.39, 0.29) is 44.0 Å². The maximum absolute atomic E-state index is 13.0. The van der Waals surface area contributed by atoms with Crippen molar-refractivity contribution in [3.8, 4) is 5.75 Å². The van der Waals surface area contributed by atoms with E-state index >= 15 is 0 Å². The number of hydrogen-bond acceptors (Lipinski definition) is 5. The van der Waals surface area contributed by atoms with Gasteiger partial charge in [-0.3, -0.25) is 14.9 Å². The molecule has 3 aromatic rings. The predicted octanol–water partition coefficient (Wildman–Crippen LogP) is 4.38. The van der Waals surface area contributed by atoms with E-state index in [1.165, 1.54) is 12.1 Å². The van der Waals surface area contributed by atoms with E-state index in [2.05, 4.69) is 10.6 Å². The predicted molar refractivity (Wildman–Crippen MR) is 131 cm³/mol. The lowest BCUT2D eigenvalue weighted by Crippen LogP contribution is -2.41. The Kier molecular flexibility index (Phi) is 9.77. The molecule has 0 aliphatic carbocycles. The Balaban J connectivity index is 1.38. The Hall–Kier alpha value is -3.75.